The zero-order valence-electron chi connectivity index (χ0n) is 12.1. The van der Waals surface area contributed by atoms with E-state index in [1.165, 1.54) is 11.1 Å². The SMILES string of the molecule is COc1ccc2c3c1OC1C(=O)CCC4C(C2)NCCC314. The first-order valence-corrected chi connectivity index (χ1v) is 7.89. The number of piperidine rings is 1. The van der Waals surface area contributed by atoms with Gasteiger partial charge in [0.15, 0.2) is 23.4 Å². The highest BCUT2D eigenvalue weighted by molar-refractivity contribution is 5.89. The van der Waals surface area contributed by atoms with Gasteiger partial charge >= 0.3 is 0 Å². The normalized spacial score (nSPS) is 38.7. The van der Waals surface area contributed by atoms with Gasteiger partial charge < -0.3 is 14.8 Å². The number of carbonyl (C=O) groups excluding carboxylic acids is 1. The van der Waals surface area contributed by atoms with Crippen LogP contribution in [0.1, 0.15) is 30.4 Å². The molecule has 1 saturated carbocycles. The average Bonchev–Trinajstić information content (AvgIpc) is 2.83. The Morgan fingerprint density at radius 1 is 1.43 bits per heavy atom. The Labute approximate surface area is 123 Å². The Hall–Kier alpha value is -1.55. The molecule has 2 bridgehead atoms. The summed E-state index contributed by atoms with van der Waals surface area (Å²) in [6.07, 6.45) is 3.40. The van der Waals surface area contributed by atoms with Crippen LogP contribution in [0, 0.1) is 5.92 Å². The van der Waals surface area contributed by atoms with E-state index in [4.69, 9.17) is 9.47 Å². The van der Waals surface area contributed by atoms with Crippen molar-refractivity contribution >= 4 is 5.78 Å². The molecule has 5 rings (SSSR count). The van der Waals surface area contributed by atoms with Crippen molar-refractivity contribution in [3.8, 4) is 11.5 Å². The van der Waals surface area contributed by atoms with E-state index in [2.05, 4.69) is 11.4 Å². The maximum atomic E-state index is 12.5. The molecule has 110 valence electrons. The van der Waals surface area contributed by atoms with Crippen LogP contribution in [0.5, 0.6) is 11.5 Å². The molecule has 1 spiro atoms. The highest BCUT2D eigenvalue weighted by Gasteiger charge is 2.64. The number of ketones is 1. The molecule has 21 heavy (non-hydrogen) atoms. The van der Waals surface area contributed by atoms with Gasteiger partial charge in [-0.2, -0.15) is 0 Å². The fourth-order valence-electron chi connectivity index (χ4n) is 5.40. The number of hydrogen-bond donors (Lipinski definition) is 1. The van der Waals surface area contributed by atoms with Crippen LogP contribution in [-0.4, -0.2) is 31.6 Å². The lowest BCUT2D eigenvalue weighted by Crippen LogP contribution is -2.65. The van der Waals surface area contributed by atoms with Gasteiger partial charge in [-0.3, -0.25) is 4.79 Å². The summed E-state index contributed by atoms with van der Waals surface area (Å²) < 4.78 is 11.7. The topological polar surface area (TPSA) is 47.6 Å². The van der Waals surface area contributed by atoms with Crippen LogP contribution in [0.2, 0.25) is 0 Å². The molecular weight excluding hydrogens is 266 g/mol. The lowest BCUT2D eigenvalue weighted by molar-refractivity contribution is -0.135. The fourth-order valence-corrected chi connectivity index (χ4v) is 5.40. The number of Topliss-reactive ketones (excluding diaryl/α,β-unsaturated/α-hetero) is 1. The van der Waals surface area contributed by atoms with Crippen molar-refractivity contribution in [3.05, 3.63) is 23.3 Å². The lowest BCUT2D eigenvalue weighted by Gasteiger charge is -2.54. The number of ether oxygens (including phenoxy) is 2. The van der Waals surface area contributed by atoms with Crippen molar-refractivity contribution in [1.82, 2.24) is 5.32 Å². The van der Waals surface area contributed by atoms with Gasteiger partial charge in [-0.25, -0.2) is 0 Å². The van der Waals surface area contributed by atoms with Gasteiger partial charge in [0, 0.05) is 23.4 Å². The monoisotopic (exact) mass is 285 g/mol. The molecule has 1 aromatic carbocycles. The molecule has 2 heterocycles. The predicted octanol–water partition coefficient (Wildman–Crippen LogP) is 1.59. The summed E-state index contributed by atoms with van der Waals surface area (Å²) >= 11 is 0. The van der Waals surface area contributed by atoms with Crippen LogP contribution in [0.15, 0.2) is 12.1 Å². The third-order valence-corrected chi connectivity index (χ3v) is 6.12. The lowest BCUT2D eigenvalue weighted by atomic mass is 9.52. The van der Waals surface area contributed by atoms with E-state index in [0.717, 1.165) is 37.3 Å². The van der Waals surface area contributed by atoms with Crippen LogP contribution in [0.4, 0.5) is 0 Å². The standard InChI is InChI=1S/C17H19NO3/c1-20-13-5-2-9-8-11-10-3-4-12(19)16-17(10,6-7-18-11)14(9)15(13)21-16/h2,5,10-11,16,18H,3-4,6-8H2,1H3. The van der Waals surface area contributed by atoms with Gasteiger partial charge in [0.1, 0.15) is 0 Å². The molecule has 1 saturated heterocycles. The van der Waals surface area contributed by atoms with Gasteiger partial charge in [0.05, 0.1) is 7.11 Å². The van der Waals surface area contributed by atoms with Gasteiger partial charge in [-0.05, 0) is 43.4 Å². The second kappa shape index (κ2) is 3.80. The molecule has 4 nitrogen and oxygen atoms in total. The number of hydrogen-bond acceptors (Lipinski definition) is 4. The van der Waals surface area contributed by atoms with E-state index in [-0.39, 0.29) is 17.3 Å². The quantitative estimate of drug-likeness (QED) is 0.851. The van der Waals surface area contributed by atoms with Gasteiger partial charge in [0.25, 0.3) is 0 Å². The fraction of sp³-hybridized carbons (Fsp3) is 0.588. The third-order valence-electron chi connectivity index (χ3n) is 6.12. The van der Waals surface area contributed by atoms with Crippen molar-refractivity contribution in [2.45, 2.75) is 43.2 Å². The van der Waals surface area contributed by atoms with Crippen LogP contribution in [-0.2, 0) is 16.6 Å². The molecule has 2 aliphatic carbocycles. The summed E-state index contributed by atoms with van der Waals surface area (Å²) in [4.78, 5) is 12.5. The number of rotatable bonds is 1. The highest BCUT2D eigenvalue weighted by Crippen LogP contribution is 2.61. The van der Waals surface area contributed by atoms with Crippen LogP contribution >= 0.6 is 0 Å². The first-order valence-electron chi connectivity index (χ1n) is 7.89. The molecule has 4 heteroatoms. The predicted molar refractivity (Wildman–Crippen MR) is 76.9 cm³/mol. The maximum absolute atomic E-state index is 12.5. The molecule has 4 aliphatic rings. The molecule has 2 aliphatic heterocycles. The van der Waals surface area contributed by atoms with E-state index in [9.17, 15) is 4.79 Å². The van der Waals surface area contributed by atoms with Crippen LogP contribution in [0.25, 0.3) is 0 Å². The number of carbonyl (C=O) groups is 1. The Kier molecular flexibility index (Phi) is 2.18. The number of methoxy groups -OCH3 is 1. The summed E-state index contributed by atoms with van der Waals surface area (Å²) in [5.41, 5.74) is 2.54. The zero-order chi connectivity index (χ0) is 14.2. The van der Waals surface area contributed by atoms with E-state index >= 15 is 0 Å². The average molecular weight is 285 g/mol. The van der Waals surface area contributed by atoms with Gasteiger partial charge in [0.2, 0.25) is 0 Å². The Morgan fingerprint density at radius 3 is 3.19 bits per heavy atom. The van der Waals surface area contributed by atoms with Gasteiger partial charge in [-0.1, -0.05) is 6.07 Å². The number of benzene rings is 1. The van der Waals surface area contributed by atoms with Crippen molar-refractivity contribution in [2.24, 2.45) is 5.92 Å². The second-order valence-electron chi connectivity index (χ2n) is 6.80. The van der Waals surface area contributed by atoms with Crippen LogP contribution in [0.3, 0.4) is 0 Å². The number of nitrogens with one attached hydrogen (secondary N) is 1. The van der Waals surface area contributed by atoms with E-state index in [0.29, 0.717) is 18.4 Å². The summed E-state index contributed by atoms with van der Waals surface area (Å²) in [6.45, 7) is 0.977. The van der Waals surface area contributed by atoms with E-state index in [1.807, 2.05) is 6.07 Å². The van der Waals surface area contributed by atoms with E-state index in [1.54, 1.807) is 7.11 Å². The molecule has 4 unspecified atom stereocenters. The van der Waals surface area contributed by atoms with Gasteiger partial charge in [-0.15, -0.1) is 0 Å². The molecule has 4 atom stereocenters. The zero-order valence-corrected chi connectivity index (χ0v) is 12.1. The summed E-state index contributed by atoms with van der Waals surface area (Å²) in [7, 11) is 1.68. The smallest absolute Gasteiger partial charge is 0.174 e. The Balaban J connectivity index is 1.83. The minimum absolute atomic E-state index is 0.0945. The summed E-state index contributed by atoms with van der Waals surface area (Å²) in [5, 5.41) is 3.67. The summed E-state index contributed by atoms with van der Waals surface area (Å²) in [5.74, 6) is 2.43. The maximum Gasteiger partial charge on any atom is 0.174 e. The molecule has 1 N–H and O–H groups in total. The Bertz CT molecular complexity index is 656. The van der Waals surface area contributed by atoms with Crippen molar-refractivity contribution in [1.29, 1.82) is 0 Å². The third kappa shape index (κ3) is 1.24. The molecular formula is C17H19NO3. The molecule has 0 amide bonds. The first-order chi connectivity index (χ1) is 10.3. The minimum atomic E-state index is -0.286. The second-order valence-corrected chi connectivity index (χ2v) is 6.80. The molecule has 1 aromatic rings. The van der Waals surface area contributed by atoms with Crippen molar-refractivity contribution < 1.29 is 14.3 Å². The largest absolute Gasteiger partial charge is 0.493 e. The Morgan fingerprint density at radius 2 is 2.33 bits per heavy atom. The van der Waals surface area contributed by atoms with Crippen molar-refractivity contribution in [2.75, 3.05) is 13.7 Å². The molecule has 0 radical (unpaired) electrons. The van der Waals surface area contributed by atoms with Crippen LogP contribution < -0.4 is 14.8 Å². The molecule has 0 aromatic heterocycles. The minimum Gasteiger partial charge on any atom is -0.493 e. The van der Waals surface area contributed by atoms with Crippen molar-refractivity contribution in [3.63, 3.8) is 0 Å². The molecule has 2 fully saturated rings. The first kappa shape index (κ1) is 12.0. The highest BCUT2D eigenvalue weighted by atomic mass is 16.5. The van der Waals surface area contributed by atoms with E-state index < -0.39 is 0 Å². The summed E-state index contributed by atoms with van der Waals surface area (Å²) in [6, 6.07) is 4.65.